The Balaban J connectivity index is 2.18. The quantitative estimate of drug-likeness (QED) is 0.854. The van der Waals surface area contributed by atoms with Crippen LogP contribution in [0.4, 0.5) is 18.9 Å². The molecule has 2 aromatic rings. The molecule has 106 valence electrons. The van der Waals surface area contributed by atoms with Crippen LogP contribution in [0.2, 0.25) is 0 Å². The lowest BCUT2D eigenvalue weighted by Crippen LogP contribution is -2.04. The third-order valence-electron chi connectivity index (χ3n) is 2.88. The molecule has 0 amide bonds. The van der Waals surface area contributed by atoms with Gasteiger partial charge in [0, 0.05) is 6.54 Å². The van der Waals surface area contributed by atoms with Gasteiger partial charge < -0.3 is 10.1 Å². The maximum absolute atomic E-state index is 13.1. The van der Waals surface area contributed by atoms with E-state index in [-0.39, 0.29) is 6.54 Å². The Labute approximate surface area is 115 Å². The Morgan fingerprint density at radius 1 is 1.05 bits per heavy atom. The van der Waals surface area contributed by atoms with Crippen molar-refractivity contribution in [2.45, 2.75) is 13.5 Å². The van der Waals surface area contributed by atoms with Crippen LogP contribution >= 0.6 is 0 Å². The summed E-state index contributed by atoms with van der Waals surface area (Å²) in [5, 5.41) is 3.01. The first-order valence-electron chi connectivity index (χ1n) is 6.03. The smallest absolute Gasteiger partial charge is 0.194 e. The van der Waals surface area contributed by atoms with Crippen LogP contribution in [0.1, 0.15) is 11.1 Å². The van der Waals surface area contributed by atoms with Crippen molar-refractivity contribution in [3.63, 3.8) is 0 Å². The van der Waals surface area contributed by atoms with Gasteiger partial charge in [0.15, 0.2) is 17.5 Å². The monoisotopic (exact) mass is 281 g/mol. The fraction of sp³-hybridized carbons (Fsp3) is 0.200. The molecule has 5 heteroatoms. The first kappa shape index (κ1) is 14.2. The van der Waals surface area contributed by atoms with Crippen LogP contribution in [0.3, 0.4) is 0 Å². The largest absolute Gasteiger partial charge is 0.495 e. The molecule has 2 aromatic carbocycles. The molecule has 0 radical (unpaired) electrons. The van der Waals surface area contributed by atoms with E-state index >= 15 is 0 Å². The Morgan fingerprint density at radius 2 is 1.70 bits per heavy atom. The minimum absolute atomic E-state index is 0.161. The summed E-state index contributed by atoms with van der Waals surface area (Å²) in [4.78, 5) is 0. The molecule has 2 rings (SSSR count). The number of benzene rings is 2. The number of halogens is 3. The number of aryl methyl sites for hydroxylation is 1. The lowest BCUT2D eigenvalue weighted by molar-refractivity contribution is 0.416. The standard InChI is InChI=1S/C15H14F3NO/c1-9-3-4-14(20-2)13(5-9)19-8-10-6-11(16)15(18)12(17)7-10/h3-7,19H,8H2,1-2H3. The zero-order valence-electron chi connectivity index (χ0n) is 11.1. The number of hydrogen-bond acceptors (Lipinski definition) is 2. The number of methoxy groups -OCH3 is 1. The number of ether oxygens (including phenoxy) is 1. The molecular formula is C15H14F3NO. The molecule has 0 spiro atoms. The van der Waals surface area contributed by atoms with Gasteiger partial charge in [-0.05, 0) is 42.3 Å². The molecule has 0 fully saturated rings. The second-order valence-electron chi connectivity index (χ2n) is 4.43. The summed E-state index contributed by atoms with van der Waals surface area (Å²) < 4.78 is 44.3. The third kappa shape index (κ3) is 3.04. The van der Waals surface area contributed by atoms with Gasteiger partial charge in [0.05, 0.1) is 12.8 Å². The van der Waals surface area contributed by atoms with Gasteiger partial charge >= 0.3 is 0 Å². The normalized spacial score (nSPS) is 10.4. The van der Waals surface area contributed by atoms with Crippen molar-refractivity contribution in [1.82, 2.24) is 0 Å². The van der Waals surface area contributed by atoms with Crippen molar-refractivity contribution in [2.75, 3.05) is 12.4 Å². The Morgan fingerprint density at radius 3 is 2.30 bits per heavy atom. The van der Waals surface area contributed by atoms with Gasteiger partial charge in [0.2, 0.25) is 0 Å². The van der Waals surface area contributed by atoms with E-state index in [1.165, 1.54) is 7.11 Å². The highest BCUT2D eigenvalue weighted by Crippen LogP contribution is 2.26. The van der Waals surface area contributed by atoms with Crippen molar-refractivity contribution in [3.8, 4) is 5.75 Å². The van der Waals surface area contributed by atoms with Crippen LogP contribution in [0.25, 0.3) is 0 Å². The van der Waals surface area contributed by atoms with Crippen LogP contribution in [-0.4, -0.2) is 7.11 Å². The Hall–Kier alpha value is -2.17. The minimum atomic E-state index is -1.46. The highest BCUT2D eigenvalue weighted by molar-refractivity contribution is 5.58. The molecule has 0 aliphatic heterocycles. The molecule has 0 saturated carbocycles. The summed E-state index contributed by atoms with van der Waals surface area (Å²) in [5.74, 6) is -3.23. The lowest BCUT2D eigenvalue weighted by atomic mass is 10.1. The molecule has 0 unspecified atom stereocenters. The minimum Gasteiger partial charge on any atom is -0.495 e. The zero-order valence-corrected chi connectivity index (χ0v) is 11.1. The predicted octanol–water partition coefficient (Wildman–Crippen LogP) is 4.03. The average molecular weight is 281 g/mol. The van der Waals surface area contributed by atoms with Gasteiger partial charge in [0.25, 0.3) is 0 Å². The number of nitrogens with one attached hydrogen (secondary N) is 1. The molecule has 0 atom stereocenters. The van der Waals surface area contributed by atoms with E-state index in [0.29, 0.717) is 17.0 Å². The summed E-state index contributed by atoms with van der Waals surface area (Å²) >= 11 is 0. The van der Waals surface area contributed by atoms with Gasteiger partial charge in [-0.3, -0.25) is 0 Å². The van der Waals surface area contributed by atoms with Gasteiger partial charge in [-0.1, -0.05) is 6.07 Å². The number of anilines is 1. The highest BCUT2D eigenvalue weighted by Gasteiger charge is 2.11. The molecule has 0 bridgehead atoms. The summed E-state index contributed by atoms with van der Waals surface area (Å²) in [6, 6.07) is 7.47. The van der Waals surface area contributed by atoms with Crippen LogP contribution in [0.15, 0.2) is 30.3 Å². The Kier molecular flexibility index (Phi) is 4.17. The fourth-order valence-corrected chi connectivity index (χ4v) is 1.87. The number of rotatable bonds is 4. The summed E-state index contributed by atoms with van der Waals surface area (Å²) in [5.41, 5.74) is 2.03. The molecule has 0 heterocycles. The molecule has 1 N–H and O–H groups in total. The first-order chi connectivity index (χ1) is 9.51. The molecule has 20 heavy (non-hydrogen) atoms. The summed E-state index contributed by atoms with van der Waals surface area (Å²) in [6.07, 6.45) is 0. The first-order valence-corrected chi connectivity index (χ1v) is 6.03. The van der Waals surface area contributed by atoms with Crippen LogP contribution in [0.5, 0.6) is 5.75 Å². The van der Waals surface area contributed by atoms with Gasteiger partial charge in [-0.15, -0.1) is 0 Å². The van der Waals surface area contributed by atoms with E-state index in [1.54, 1.807) is 6.07 Å². The van der Waals surface area contributed by atoms with E-state index < -0.39 is 17.5 Å². The topological polar surface area (TPSA) is 21.3 Å². The van der Waals surface area contributed by atoms with E-state index in [1.807, 2.05) is 19.1 Å². The second kappa shape index (κ2) is 5.86. The predicted molar refractivity (Wildman–Crippen MR) is 71.4 cm³/mol. The molecular weight excluding hydrogens is 267 g/mol. The second-order valence-corrected chi connectivity index (χ2v) is 4.43. The fourth-order valence-electron chi connectivity index (χ4n) is 1.87. The maximum atomic E-state index is 13.1. The van der Waals surface area contributed by atoms with Crippen molar-refractivity contribution in [2.24, 2.45) is 0 Å². The molecule has 0 saturated heterocycles. The highest BCUT2D eigenvalue weighted by atomic mass is 19.2. The SMILES string of the molecule is COc1ccc(C)cc1NCc1cc(F)c(F)c(F)c1. The lowest BCUT2D eigenvalue weighted by Gasteiger charge is -2.12. The van der Waals surface area contributed by atoms with Crippen LogP contribution < -0.4 is 10.1 Å². The van der Waals surface area contributed by atoms with Crippen molar-refractivity contribution < 1.29 is 17.9 Å². The molecule has 0 aliphatic carbocycles. The van der Waals surface area contributed by atoms with E-state index in [0.717, 1.165) is 17.7 Å². The van der Waals surface area contributed by atoms with E-state index in [2.05, 4.69) is 5.32 Å². The van der Waals surface area contributed by atoms with Gasteiger partial charge in [-0.25, -0.2) is 13.2 Å². The maximum Gasteiger partial charge on any atom is 0.194 e. The van der Waals surface area contributed by atoms with Crippen molar-refractivity contribution in [3.05, 3.63) is 58.9 Å². The van der Waals surface area contributed by atoms with Crippen molar-refractivity contribution >= 4 is 5.69 Å². The van der Waals surface area contributed by atoms with E-state index in [4.69, 9.17) is 4.74 Å². The summed E-state index contributed by atoms with van der Waals surface area (Å²) in [6.45, 7) is 2.08. The van der Waals surface area contributed by atoms with Gasteiger partial charge in [0.1, 0.15) is 5.75 Å². The molecule has 0 aliphatic rings. The molecule has 2 nitrogen and oxygen atoms in total. The van der Waals surface area contributed by atoms with Gasteiger partial charge in [-0.2, -0.15) is 0 Å². The third-order valence-corrected chi connectivity index (χ3v) is 2.88. The number of hydrogen-bond donors (Lipinski definition) is 1. The molecule has 0 aromatic heterocycles. The average Bonchev–Trinajstić information content (AvgIpc) is 2.42. The van der Waals surface area contributed by atoms with Crippen LogP contribution in [0, 0.1) is 24.4 Å². The van der Waals surface area contributed by atoms with Crippen molar-refractivity contribution in [1.29, 1.82) is 0 Å². The zero-order chi connectivity index (χ0) is 14.7. The summed E-state index contributed by atoms with van der Waals surface area (Å²) in [7, 11) is 1.53. The van der Waals surface area contributed by atoms with Crippen LogP contribution in [-0.2, 0) is 6.54 Å². The Bertz CT molecular complexity index is 606. The van der Waals surface area contributed by atoms with E-state index in [9.17, 15) is 13.2 Å².